The van der Waals surface area contributed by atoms with Crippen molar-refractivity contribution in [2.75, 3.05) is 13.1 Å². The topological polar surface area (TPSA) is 117 Å². The fourth-order valence-corrected chi connectivity index (χ4v) is 2.69. The summed E-state index contributed by atoms with van der Waals surface area (Å²) < 4.78 is 74.9. The molecule has 0 spiro atoms. The van der Waals surface area contributed by atoms with Crippen molar-refractivity contribution >= 4 is 52.7 Å². The van der Waals surface area contributed by atoms with Gasteiger partial charge in [-0.3, -0.25) is 10.1 Å². The van der Waals surface area contributed by atoms with Gasteiger partial charge in [0, 0.05) is 23.3 Å². The molecule has 0 bridgehead atoms. The summed E-state index contributed by atoms with van der Waals surface area (Å²) in [6.07, 6.45) is -9.12. The molecule has 2 aromatic carbocycles. The van der Waals surface area contributed by atoms with Crippen LogP contribution < -0.4 is 10.6 Å². The van der Waals surface area contributed by atoms with E-state index in [0.29, 0.717) is 5.56 Å². The molecule has 0 aromatic heterocycles. The Bertz CT molecular complexity index is 1200. The maximum absolute atomic E-state index is 12.5. The maximum atomic E-state index is 12.5. The Hall–Kier alpha value is -3.60. The Labute approximate surface area is 216 Å². The number of nitro groups is 1. The summed E-state index contributed by atoms with van der Waals surface area (Å²) in [6.45, 7) is -2.89. The Balaban J connectivity index is 2.61. The molecule has 0 aliphatic heterocycles. The van der Waals surface area contributed by atoms with Crippen LogP contribution in [0, 0.1) is 10.1 Å². The van der Waals surface area contributed by atoms with Crippen molar-refractivity contribution in [2.24, 2.45) is 20.4 Å². The molecule has 0 aliphatic carbocycles. The number of halogens is 6. The number of hydrogen-bond donors (Lipinski definition) is 4. The normalized spacial score (nSPS) is 13.9. The number of nitrogens with one attached hydrogen (secondary N) is 2. The molecule has 9 nitrogen and oxygen atoms in total. The quantitative estimate of drug-likeness (QED) is 0.0937. The predicted molar refractivity (Wildman–Crippen MR) is 134 cm³/mol. The van der Waals surface area contributed by atoms with Gasteiger partial charge in [-0.1, -0.05) is 30.3 Å². The summed E-state index contributed by atoms with van der Waals surface area (Å²) in [6, 6.07) is 12.8. The van der Waals surface area contributed by atoms with Crippen LogP contribution in [0.15, 0.2) is 75.0 Å². The minimum atomic E-state index is -4.56. The zero-order valence-electron chi connectivity index (χ0n) is 18.3. The highest BCUT2D eigenvalue weighted by molar-refractivity contribution is 7.97. The van der Waals surface area contributed by atoms with E-state index in [1.807, 2.05) is 10.6 Å². The first-order valence-electron chi connectivity index (χ1n) is 9.86. The van der Waals surface area contributed by atoms with Crippen molar-refractivity contribution in [1.29, 1.82) is 0 Å². The summed E-state index contributed by atoms with van der Waals surface area (Å²) in [4.78, 5) is 10.4. The molecule has 0 fully saturated rings. The zero-order valence-corrected chi connectivity index (χ0v) is 20.1. The van der Waals surface area contributed by atoms with E-state index >= 15 is 0 Å². The number of rotatable bonds is 8. The second-order valence-corrected chi connectivity index (χ2v) is 7.70. The Morgan fingerprint density at radius 3 is 1.51 bits per heavy atom. The van der Waals surface area contributed by atoms with E-state index in [-0.39, 0.29) is 22.7 Å². The molecule has 0 aliphatic rings. The third-order valence-corrected chi connectivity index (χ3v) is 4.50. The number of amidine groups is 2. The van der Waals surface area contributed by atoms with Crippen molar-refractivity contribution in [1.82, 2.24) is 10.6 Å². The first kappa shape index (κ1) is 29.6. The van der Waals surface area contributed by atoms with Gasteiger partial charge in [0.15, 0.2) is 10.3 Å². The van der Waals surface area contributed by atoms with E-state index < -0.39 is 40.7 Å². The van der Waals surface area contributed by atoms with Gasteiger partial charge >= 0.3 is 12.4 Å². The van der Waals surface area contributed by atoms with Crippen molar-refractivity contribution in [3.63, 3.8) is 0 Å². The van der Waals surface area contributed by atoms with E-state index in [9.17, 15) is 36.5 Å². The average Bonchev–Trinajstić information content (AvgIpc) is 2.83. The first-order valence-corrected chi connectivity index (χ1v) is 10.8. The number of benzene rings is 2. The predicted octanol–water partition coefficient (Wildman–Crippen LogP) is 4.58. The molecule has 0 atom stereocenters. The molecule has 2 rings (SSSR count). The Morgan fingerprint density at radius 2 is 1.14 bits per heavy atom. The number of alkyl halides is 6. The van der Waals surface area contributed by atoms with Gasteiger partial charge in [0.1, 0.15) is 24.5 Å². The van der Waals surface area contributed by atoms with Crippen LogP contribution in [0.1, 0.15) is 11.1 Å². The molecule has 0 unspecified atom stereocenters. The van der Waals surface area contributed by atoms with Gasteiger partial charge in [0.25, 0.3) is 5.69 Å². The monoisotopic (exact) mass is 565 g/mol. The van der Waals surface area contributed by atoms with Crippen molar-refractivity contribution < 1.29 is 31.3 Å². The lowest BCUT2D eigenvalue weighted by Gasteiger charge is -2.10. The molecule has 0 amide bonds. The van der Waals surface area contributed by atoms with Gasteiger partial charge in [-0.25, -0.2) is 0 Å². The molecule has 37 heavy (non-hydrogen) atoms. The SMILES string of the molecule is O=[N+]([O-])c1ccc(C(=N\N=C(/S)NCC(F)(F)F)/C(=N/N=C(\S)NCC(F)(F)F)c2ccccc2)cc1. The highest BCUT2D eigenvalue weighted by Gasteiger charge is 2.27. The average molecular weight is 566 g/mol. The smallest absolute Gasteiger partial charge is 0.354 e. The van der Waals surface area contributed by atoms with Crippen molar-refractivity contribution in [3.05, 3.63) is 75.8 Å². The highest BCUT2D eigenvalue weighted by Crippen LogP contribution is 2.17. The van der Waals surface area contributed by atoms with Gasteiger partial charge in [-0.05, 0) is 12.1 Å². The van der Waals surface area contributed by atoms with Gasteiger partial charge < -0.3 is 10.6 Å². The lowest BCUT2D eigenvalue weighted by atomic mass is 10.00. The second kappa shape index (κ2) is 13.1. The van der Waals surface area contributed by atoms with Crippen LogP contribution in [-0.4, -0.2) is 52.1 Å². The summed E-state index contributed by atoms with van der Waals surface area (Å²) in [7, 11) is 0. The standard InChI is InChI=1S/C20H17F6N7O2S2/c21-19(22,23)10-27-17(36)31-29-15(12-4-2-1-3-5-12)16(13-6-8-14(9-7-13)33(34)35)30-32-18(37)28-11-20(24,25)26/h1-9H,10-11H2,(H2,27,31,36)(H2,28,32,37)/b29-15+,30-16+. The minimum absolute atomic E-state index is 0.0875. The highest BCUT2D eigenvalue weighted by atomic mass is 32.1. The number of thiol groups is 2. The molecule has 0 heterocycles. The summed E-state index contributed by atoms with van der Waals surface area (Å²) in [5.74, 6) is 0. The van der Waals surface area contributed by atoms with Gasteiger partial charge in [-0.15, -0.1) is 45.7 Å². The van der Waals surface area contributed by atoms with Crippen LogP contribution >= 0.6 is 25.3 Å². The van der Waals surface area contributed by atoms with Crippen LogP contribution in [0.2, 0.25) is 0 Å². The lowest BCUT2D eigenvalue weighted by molar-refractivity contribution is -0.384. The van der Waals surface area contributed by atoms with E-state index in [1.54, 1.807) is 30.3 Å². The number of nitro benzene ring substituents is 1. The molecule has 17 heteroatoms. The summed E-state index contributed by atoms with van der Waals surface area (Å²) >= 11 is 7.63. The largest absolute Gasteiger partial charge is 0.405 e. The number of nitrogens with zero attached hydrogens (tertiary/aromatic N) is 5. The van der Waals surface area contributed by atoms with Crippen molar-refractivity contribution in [3.8, 4) is 0 Å². The Morgan fingerprint density at radius 1 is 0.730 bits per heavy atom. The summed E-state index contributed by atoms with van der Waals surface area (Å²) in [5.41, 5.74) is 0.0174. The molecule has 198 valence electrons. The Kier molecular flexibility index (Phi) is 10.5. The second-order valence-electron chi connectivity index (χ2n) is 6.85. The molecule has 2 aromatic rings. The van der Waals surface area contributed by atoms with E-state index in [1.165, 1.54) is 12.1 Å². The zero-order chi connectivity index (χ0) is 27.6. The number of hydrogen-bond acceptors (Lipinski definition) is 6. The molecule has 2 N–H and O–H groups in total. The fourth-order valence-electron chi connectivity index (χ4n) is 2.44. The molecule has 0 saturated heterocycles. The van der Waals surface area contributed by atoms with Gasteiger partial charge in [0.2, 0.25) is 0 Å². The van der Waals surface area contributed by atoms with Crippen LogP contribution in [0.5, 0.6) is 0 Å². The molecular formula is C20H17F6N7O2S2. The van der Waals surface area contributed by atoms with Crippen LogP contribution in [0.3, 0.4) is 0 Å². The molecular weight excluding hydrogens is 548 g/mol. The van der Waals surface area contributed by atoms with Gasteiger partial charge in [-0.2, -0.15) is 26.3 Å². The van der Waals surface area contributed by atoms with Crippen LogP contribution in [0.25, 0.3) is 0 Å². The van der Waals surface area contributed by atoms with Gasteiger partial charge in [0.05, 0.1) is 4.92 Å². The van der Waals surface area contributed by atoms with Crippen LogP contribution in [0.4, 0.5) is 32.0 Å². The molecule has 0 saturated carbocycles. The van der Waals surface area contributed by atoms with Crippen LogP contribution in [-0.2, 0) is 0 Å². The van der Waals surface area contributed by atoms with E-state index in [0.717, 1.165) is 12.1 Å². The maximum Gasteiger partial charge on any atom is 0.405 e. The third kappa shape index (κ3) is 10.9. The molecule has 0 radical (unpaired) electrons. The minimum Gasteiger partial charge on any atom is -0.354 e. The third-order valence-electron chi connectivity index (χ3n) is 4.01. The summed E-state index contributed by atoms with van der Waals surface area (Å²) in [5, 5.41) is 28.9. The first-order chi connectivity index (χ1) is 17.2. The van der Waals surface area contributed by atoms with E-state index in [4.69, 9.17) is 0 Å². The number of non-ortho nitro benzene ring substituents is 1. The van der Waals surface area contributed by atoms with Crippen molar-refractivity contribution in [2.45, 2.75) is 12.4 Å². The lowest BCUT2D eigenvalue weighted by Crippen LogP contribution is -2.31. The fraction of sp³-hybridized carbons (Fsp3) is 0.200. The van der Waals surface area contributed by atoms with E-state index in [2.05, 4.69) is 45.7 Å².